The molecule has 0 radical (unpaired) electrons. The fourth-order valence-electron chi connectivity index (χ4n) is 3.31. The van der Waals surface area contributed by atoms with Gasteiger partial charge in [-0.15, -0.1) is 0 Å². The average molecular weight is 531 g/mol. The van der Waals surface area contributed by atoms with E-state index in [0.29, 0.717) is 25.8 Å². The van der Waals surface area contributed by atoms with Crippen molar-refractivity contribution in [3.05, 3.63) is 0 Å². The lowest BCUT2D eigenvalue weighted by molar-refractivity contribution is -0.143. The molecule has 0 saturated carbocycles. The highest BCUT2D eigenvalue weighted by atomic mass is 16.4. The van der Waals surface area contributed by atoms with Crippen LogP contribution in [0.1, 0.15) is 58.8 Å². The number of nitrogens with zero attached hydrogens (tertiary/aromatic N) is 1. The summed E-state index contributed by atoms with van der Waals surface area (Å²) in [6.07, 6.45) is 1.05. The van der Waals surface area contributed by atoms with E-state index in [4.69, 9.17) is 22.9 Å². The Morgan fingerprint density at radius 2 is 1.38 bits per heavy atom. The number of amides is 3. The largest absolute Gasteiger partial charge is 0.481 e. The molecular weight excluding hydrogens is 488 g/mol. The fraction of sp³-hybridized carbons (Fsp3) is 0.727. The van der Waals surface area contributed by atoms with Crippen LogP contribution in [-0.4, -0.2) is 83.1 Å². The lowest BCUT2D eigenvalue weighted by Crippen LogP contribution is -2.57. The van der Waals surface area contributed by atoms with Gasteiger partial charge in [0.1, 0.15) is 18.1 Å². The molecule has 4 unspecified atom stereocenters. The summed E-state index contributed by atoms with van der Waals surface area (Å²) < 4.78 is 0. The molecule has 0 aliphatic rings. The summed E-state index contributed by atoms with van der Waals surface area (Å²) >= 11 is 0. The Kier molecular flexibility index (Phi) is 16.2. The summed E-state index contributed by atoms with van der Waals surface area (Å²) in [7, 11) is 0. The van der Waals surface area contributed by atoms with E-state index in [-0.39, 0.29) is 37.7 Å². The SMILES string of the molecule is CC(C)CC(NC(=O)C(CCCCN)NC(=O)C(CC(=O)O)NC(=O)C(N)CCCN=C(N)N)C(=O)O. The van der Waals surface area contributed by atoms with Crippen molar-refractivity contribution in [2.45, 2.75) is 83.0 Å². The van der Waals surface area contributed by atoms with E-state index in [1.54, 1.807) is 13.8 Å². The van der Waals surface area contributed by atoms with E-state index >= 15 is 0 Å². The van der Waals surface area contributed by atoms with Gasteiger partial charge >= 0.3 is 11.9 Å². The molecule has 3 amide bonds. The van der Waals surface area contributed by atoms with Gasteiger partial charge in [0.25, 0.3) is 0 Å². The molecule has 0 rings (SSSR count). The van der Waals surface area contributed by atoms with Crippen LogP contribution in [0.25, 0.3) is 0 Å². The van der Waals surface area contributed by atoms with Crippen molar-refractivity contribution in [1.82, 2.24) is 16.0 Å². The van der Waals surface area contributed by atoms with Crippen LogP contribution in [0.15, 0.2) is 4.99 Å². The summed E-state index contributed by atoms with van der Waals surface area (Å²) in [5.41, 5.74) is 21.8. The Labute approximate surface area is 216 Å². The summed E-state index contributed by atoms with van der Waals surface area (Å²) in [5, 5.41) is 25.8. The molecule has 0 spiro atoms. The first-order chi connectivity index (χ1) is 17.3. The first-order valence-corrected chi connectivity index (χ1v) is 12.1. The second kappa shape index (κ2) is 17.9. The molecular formula is C22H42N8O7. The maximum absolute atomic E-state index is 12.9. The number of carboxylic acids is 2. The van der Waals surface area contributed by atoms with Gasteiger partial charge in [-0.2, -0.15) is 0 Å². The quantitative estimate of drug-likeness (QED) is 0.0480. The number of guanidine groups is 1. The molecule has 15 heteroatoms. The minimum absolute atomic E-state index is 0.0227. The van der Waals surface area contributed by atoms with Gasteiger partial charge in [0.2, 0.25) is 17.7 Å². The zero-order valence-electron chi connectivity index (χ0n) is 21.4. The van der Waals surface area contributed by atoms with Crippen molar-refractivity contribution in [3.63, 3.8) is 0 Å². The van der Waals surface area contributed by atoms with Crippen molar-refractivity contribution in [3.8, 4) is 0 Å². The van der Waals surface area contributed by atoms with Gasteiger partial charge in [-0.1, -0.05) is 13.8 Å². The van der Waals surface area contributed by atoms with E-state index in [1.165, 1.54) is 0 Å². The molecule has 0 bridgehead atoms. The number of hydrogen-bond acceptors (Lipinski definition) is 8. The third-order valence-corrected chi connectivity index (χ3v) is 5.22. The van der Waals surface area contributed by atoms with Crippen LogP contribution in [0.5, 0.6) is 0 Å². The molecule has 0 aliphatic heterocycles. The third kappa shape index (κ3) is 15.3. The van der Waals surface area contributed by atoms with Gasteiger partial charge in [0.05, 0.1) is 12.5 Å². The van der Waals surface area contributed by atoms with Crippen LogP contribution in [0.4, 0.5) is 0 Å². The Bertz CT molecular complexity index is 802. The van der Waals surface area contributed by atoms with E-state index in [2.05, 4.69) is 20.9 Å². The Morgan fingerprint density at radius 3 is 1.89 bits per heavy atom. The van der Waals surface area contributed by atoms with Crippen LogP contribution in [0.3, 0.4) is 0 Å². The molecule has 0 aromatic rings. The van der Waals surface area contributed by atoms with Crippen LogP contribution in [0.2, 0.25) is 0 Å². The molecule has 0 aromatic heterocycles. The normalized spacial score (nSPS) is 14.1. The number of carbonyl (C=O) groups is 5. The van der Waals surface area contributed by atoms with Gasteiger partial charge < -0.3 is 49.1 Å². The zero-order valence-corrected chi connectivity index (χ0v) is 21.4. The standard InChI is InChI=1S/C22H42N8O7/c1-12(2)10-16(21(36)37)30-19(34)14(7-3-4-8-23)28-20(35)15(11-17(31)32)29-18(33)13(24)6-5-9-27-22(25)26/h12-16H,3-11,23-24H2,1-2H3,(H,28,35)(H,29,33)(H,30,34)(H,31,32)(H,36,37)(H4,25,26,27). The first kappa shape index (κ1) is 33.5. The number of hydrogen-bond donors (Lipinski definition) is 9. The Hall–Kier alpha value is -3.46. The molecule has 0 heterocycles. The van der Waals surface area contributed by atoms with Crippen LogP contribution in [0, 0.1) is 5.92 Å². The molecule has 212 valence electrons. The minimum Gasteiger partial charge on any atom is -0.481 e. The van der Waals surface area contributed by atoms with E-state index in [1.807, 2.05) is 0 Å². The van der Waals surface area contributed by atoms with Crippen molar-refractivity contribution >= 4 is 35.6 Å². The van der Waals surface area contributed by atoms with Crippen molar-refractivity contribution in [2.24, 2.45) is 33.8 Å². The number of nitrogens with one attached hydrogen (secondary N) is 3. The lowest BCUT2D eigenvalue weighted by atomic mass is 10.0. The second-order valence-electron chi connectivity index (χ2n) is 9.09. The lowest BCUT2D eigenvalue weighted by Gasteiger charge is -2.25. The minimum atomic E-state index is -1.52. The van der Waals surface area contributed by atoms with Crippen molar-refractivity contribution < 1.29 is 34.2 Å². The number of nitrogens with two attached hydrogens (primary N) is 4. The summed E-state index contributed by atoms with van der Waals surface area (Å²) in [6.45, 7) is 4.17. The van der Waals surface area contributed by atoms with E-state index < -0.39 is 60.2 Å². The smallest absolute Gasteiger partial charge is 0.326 e. The molecule has 0 aliphatic carbocycles. The summed E-state index contributed by atoms with van der Waals surface area (Å²) in [6, 6.07) is -4.93. The fourth-order valence-corrected chi connectivity index (χ4v) is 3.31. The third-order valence-electron chi connectivity index (χ3n) is 5.22. The zero-order chi connectivity index (χ0) is 28.5. The number of aliphatic carboxylic acids is 2. The molecule has 13 N–H and O–H groups in total. The number of rotatable bonds is 19. The number of carboxylic acid groups (broad SMARTS) is 2. The number of carbonyl (C=O) groups excluding carboxylic acids is 3. The van der Waals surface area contributed by atoms with Gasteiger partial charge in [-0.3, -0.25) is 24.2 Å². The van der Waals surface area contributed by atoms with Gasteiger partial charge in [-0.05, 0) is 51.0 Å². The molecule has 0 saturated heterocycles. The van der Waals surface area contributed by atoms with Crippen LogP contribution >= 0.6 is 0 Å². The van der Waals surface area contributed by atoms with E-state index in [0.717, 1.165) is 0 Å². The summed E-state index contributed by atoms with van der Waals surface area (Å²) in [5.74, 6) is -5.15. The van der Waals surface area contributed by atoms with Gasteiger partial charge in [0.15, 0.2) is 5.96 Å². The molecule has 0 fully saturated rings. The molecule has 15 nitrogen and oxygen atoms in total. The predicted octanol–water partition coefficient (Wildman–Crippen LogP) is -2.44. The topological polar surface area (TPSA) is 278 Å². The predicted molar refractivity (Wildman–Crippen MR) is 136 cm³/mol. The van der Waals surface area contributed by atoms with Crippen LogP contribution in [-0.2, 0) is 24.0 Å². The Morgan fingerprint density at radius 1 is 0.811 bits per heavy atom. The Balaban J connectivity index is 5.45. The van der Waals surface area contributed by atoms with E-state index in [9.17, 15) is 34.2 Å². The molecule has 0 aromatic carbocycles. The average Bonchev–Trinajstić information content (AvgIpc) is 2.79. The highest BCUT2D eigenvalue weighted by Gasteiger charge is 2.31. The van der Waals surface area contributed by atoms with Crippen molar-refractivity contribution in [2.75, 3.05) is 13.1 Å². The van der Waals surface area contributed by atoms with Gasteiger partial charge in [0, 0.05) is 6.54 Å². The first-order valence-electron chi connectivity index (χ1n) is 12.1. The highest BCUT2D eigenvalue weighted by Crippen LogP contribution is 2.08. The highest BCUT2D eigenvalue weighted by molar-refractivity contribution is 5.95. The number of unbranched alkanes of at least 4 members (excludes halogenated alkanes) is 1. The molecule has 37 heavy (non-hydrogen) atoms. The second-order valence-corrected chi connectivity index (χ2v) is 9.09. The van der Waals surface area contributed by atoms with Crippen LogP contribution < -0.4 is 38.9 Å². The summed E-state index contributed by atoms with van der Waals surface area (Å²) in [4.78, 5) is 64.9. The monoisotopic (exact) mass is 530 g/mol. The van der Waals surface area contributed by atoms with Gasteiger partial charge in [-0.25, -0.2) is 4.79 Å². The van der Waals surface area contributed by atoms with Crippen molar-refractivity contribution in [1.29, 1.82) is 0 Å². The number of aliphatic imine (C=N–C) groups is 1. The maximum atomic E-state index is 12.9. The molecule has 4 atom stereocenters. The maximum Gasteiger partial charge on any atom is 0.326 e.